The van der Waals surface area contributed by atoms with Crippen LogP contribution in [0.3, 0.4) is 0 Å². The highest BCUT2D eigenvalue weighted by atomic mass is 32.2. The predicted octanol–water partition coefficient (Wildman–Crippen LogP) is 2.22. The zero-order valence-corrected chi connectivity index (χ0v) is 13.5. The van der Waals surface area contributed by atoms with Crippen molar-refractivity contribution in [2.45, 2.75) is 49.9 Å². The van der Waals surface area contributed by atoms with Gasteiger partial charge in [-0.25, -0.2) is 14.8 Å². The normalized spacial score (nSPS) is 21.2. The third-order valence-corrected chi connectivity index (χ3v) is 4.19. The van der Waals surface area contributed by atoms with Gasteiger partial charge < -0.3 is 15.8 Å². The molecule has 7 nitrogen and oxygen atoms in total. The van der Waals surface area contributed by atoms with Gasteiger partial charge in [-0.3, -0.25) is 4.79 Å². The molecule has 1 heterocycles. The summed E-state index contributed by atoms with van der Waals surface area (Å²) in [7, 11) is 0. The monoisotopic (exact) mass is 324 g/mol. The summed E-state index contributed by atoms with van der Waals surface area (Å²) in [5.41, 5.74) is 5.53. The Morgan fingerprint density at radius 2 is 2.05 bits per heavy atom. The fourth-order valence-electron chi connectivity index (χ4n) is 2.51. The first-order valence-electron chi connectivity index (χ1n) is 7.14. The van der Waals surface area contributed by atoms with Crippen LogP contribution in [0.25, 0.3) is 0 Å². The standard InChI is InChI=1S/C14H20N4O3S/c1-8(19)11-7-16-14(22-2)18-12(11)17-9-3-5-10(6-4-9)21-13(15)20/h7,9-10H,3-6H2,1-2H3,(H2,15,20)(H,16,17,18). The summed E-state index contributed by atoms with van der Waals surface area (Å²) in [6.45, 7) is 1.50. The predicted molar refractivity (Wildman–Crippen MR) is 84.2 cm³/mol. The Balaban J connectivity index is 2.02. The molecule has 0 aliphatic heterocycles. The van der Waals surface area contributed by atoms with Crippen LogP contribution in [0.1, 0.15) is 43.0 Å². The molecule has 2 rings (SSSR count). The lowest BCUT2D eigenvalue weighted by Gasteiger charge is -2.29. The number of rotatable bonds is 5. The number of nitrogens with zero attached hydrogens (tertiary/aromatic N) is 2. The maximum Gasteiger partial charge on any atom is 0.404 e. The molecule has 1 aromatic rings. The van der Waals surface area contributed by atoms with E-state index < -0.39 is 6.09 Å². The molecule has 0 unspecified atom stereocenters. The Labute approximate surface area is 133 Å². The minimum Gasteiger partial charge on any atom is -0.446 e. The molecule has 1 aromatic heterocycles. The van der Waals surface area contributed by atoms with Crippen LogP contribution in [0.5, 0.6) is 0 Å². The summed E-state index contributed by atoms with van der Waals surface area (Å²) in [6.07, 6.45) is 5.75. The van der Waals surface area contributed by atoms with Crippen LogP contribution < -0.4 is 11.1 Å². The Morgan fingerprint density at radius 3 is 2.59 bits per heavy atom. The van der Waals surface area contributed by atoms with E-state index in [2.05, 4.69) is 15.3 Å². The molecule has 1 fully saturated rings. The van der Waals surface area contributed by atoms with Crippen LogP contribution in [0.15, 0.2) is 11.4 Å². The van der Waals surface area contributed by atoms with Crippen molar-refractivity contribution in [1.29, 1.82) is 0 Å². The van der Waals surface area contributed by atoms with Gasteiger partial charge in [0.2, 0.25) is 0 Å². The fourth-order valence-corrected chi connectivity index (χ4v) is 2.85. The number of ketones is 1. The Kier molecular flexibility index (Phi) is 5.59. The highest BCUT2D eigenvalue weighted by Crippen LogP contribution is 2.25. The molecule has 0 bridgehead atoms. The first-order chi connectivity index (χ1) is 10.5. The third kappa shape index (κ3) is 4.33. The number of Topliss-reactive ketones (excluding diaryl/α,β-unsaturated/α-hetero) is 1. The first-order valence-corrected chi connectivity index (χ1v) is 8.36. The summed E-state index contributed by atoms with van der Waals surface area (Å²) >= 11 is 1.43. The van der Waals surface area contributed by atoms with Crippen LogP contribution in [-0.4, -0.2) is 40.2 Å². The molecule has 3 N–H and O–H groups in total. The van der Waals surface area contributed by atoms with Crippen molar-refractivity contribution in [2.75, 3.05) is 11.6 Å². The lowest BCUT2D eigenvalue weighted by Crippen LogP contribution is -2.33. The molecule has 0 radical (unpaired) electrons. The number of carbonyl (C=O) groups is 2. The number of anilines is 1. The van der Waals surface area contributed by atoms with E-state index >= 15 is 0 Å². The second kappa shape index (κ2) is 7.44. The van der Waals surface area contributed by atoms with Crippen LogP contribution in [0.2, 0.25) is 0 Å². The quantitative estimate of drug-likeness (QED) is 0.486. The van der Waals surface area contributed by atoms with Gasteiger partial charge in [-0.15, -0.1) is 0 Å². The van der Waals surface area contributed by atoms with Gasteiger partial charge in [-0.1, -0.05) is 11.8 Å². The molecule has 1 aliphatic carbocycles. The number of nitrogens with one attached hydrogen (secondary N) is 1. The number of thioether (sulfide) groups is 1. The average molecular weight is 324 g/mol. The molecular weight excluding hydrogens is 304 g/mol. The van der Waals surface area contributed by atoms with E-state index in [1.807, 2.05) is 6.26 Å². The van der Waals surface area contributed by atoms with Crippen molar-refractivity contribution < 1.29 is 14.3 Å². The van der Waals surface area contributed by atoms with Crippen LogP contribution >= 0.6 is 11.8 Å². The lowest BCUT2D eigenvalue weighted by atomic mass is 9.93. The fraction of sp³-hybridized carbons (Fsp3) is 0.571. The minimum atomic E-state index is -0.726. The van der Waals surface area contributed by atoms with E-state index in [9.17, 15) is 9.59 Å². The summed E-state index contributed by atoms with van der Waals surface area (Å²) in [5.74, 6) is 0.507. The second-order valence-electron chi connectivity index (χ2n) is 5.23. The number of hydrogen-bond donors (Lipinski definition) is 2. The van der Waals surface area contributed by atoms with Gasteiger partial charge in [-0.2, -0.15) is 0 Å². The molecule has 0 spiro atoms. The summed E-state index contributed by atoms with van der Waals surface area (Å²) in [6, 6.07) is 0.190. The number of primary amides is 1. The Morgan fingerprint density at radius 1 is 1.36 bits per heavy atom. The SMILES string of the molecule is CSc1ncc(C(C)=O)c(NC2CCC(OC(N)=O)CC2)n1. The first kappa shape index (κ1) is 16.5. The van der Waals surface area contributed by atoms with Crippen LogP contribution in [-0.2, 0) is 4.74 Å². The molecule has 1 aliphatic rings. The Bertz CT molecular complexity index is 559. The largest absolute Gasteiger partial charge is 0.446 e. The third-order valence-electron chi connectivity index (χ3n) is 3.63. The Hall–Kier alpha value is -1.83. The van der Waals surface area contributed by atoms with Crippen molar-refractivity contribution in [1.82, 2.24) is 9.97 Å². The zero-order chi connectivity index (χ0) is 16.1. The second-order valence-corrected chi connectivity index (χ2v) is 6.00. The molecule has 0 atom stereocenters. The van der Waals surface area contributed by atoms with E-state index in [4.69, 9.17) is 10.5 Å². The van der Waals surface area contributed by atoms with E-state index in [0.29, 0.717) is 16.5 Å². The van der Waals surface area contributed by atoms with Crippen molar-refractivity contribution >= 4 is 29.5 Å². The number of ether oxygens (including phenoxy) is 1. The minimum absolute atomic E-state index is 0.0686. The number of hydrogen-bond acceptors (Lipinski definition) is 7. The summed E-state index contributed by atoms with van der Waals surface area (Å²) in [4.78, 5) is 31.0. The van der Waals surface area contributed by atoms with Crippen molar-refractivity contribution in [3.63, 3.8) is 0 Å². The highest BCUT2D eigenvalue weighted by Gasteiger charge is 2.24. The summed E-state index contributed by atoms with van der Waals surface area (Å²) < 4.78 is 5.02. The molecule has 120 valence electrons. The van der Waals surface area contributed by atoms with E-state index in [-0.39, 0.29) is 17.9 Å². The number of nitrogens with two attached hydrogens (primary N) is 1. The summed E-state index contributed by atoms with van der Waals surface area (Å²) in [5, 5.41) is 3.95. The van der Waals surface area contributed by atoms with Gasteiger partial charge in [-0.05, 0) is 38.9 Å². The highest BCUT2D eigenvalue weighted by molar-refractivity contribution is 7.98. The molecule has 22 heavy (non-hydrogen) atoms. The topological polar surface area (TPSA) is 107 Å². The van der Waals surface area contributed by atoms with Gasteiger partial charge in [0, 0.05) is 12.2 Å². The molecule has 0 saturated heterocycles. The van der Waals surface area contributed by atoms with Gasteiger partial charge >= 0.3 is 6.09 Å². The lowest BCUT2D eigenvalue weighted by molar-refractivity contribution is 0.0804. The average Bonchev–Trinajstić information content (AvgIpc) is 2.48. The molecule has 0 aromatic carbocycles. The maximum absolute atomic E-state index is 11.7. The number of aromatic nitrogens is 2. The molecular formula is C14H20N4O3S. The van der Waals surface area contributed by atoms with Crippen molar-refractivity contribution in [3.05, 3.63) is 11.8 Å². The van der Waals surface area contributed by atoms with Gasteiger partial charge in [0.1, 0.15) is 11.9 Å². The molecule has 1 amide bonds. The van der Waals surface area contributed by atoms with Crippen molar-refractivity contribution in [3.8, 4) is 0 Å². The van der Waals surface area contributed by atoms with Crippen LogP contribution in [0, 0.1) is 0 Å². The molecule has 1 saturated carbocycles. The zero-order valence-electron chi connectivity index (χ0n) is 12.7. The van der Waals surface area contributed by atoms with Crippen LogP contribution in [0.4, 0.5) is 10.6 Å². The number of amides is 1. The maximum atomic E-state index is 11.7. The van der Waals surface area contributed by atoms with Gasteiger partial charge in [0.25, 0.3) is 0 Å². The van der Waals surface area contributed by atoms with E-state index in [1.165, 1.54) is 18.7 Å². The number of carbonyl (C=O) groups excluding carboxylic acids is 2. The van der Waals surface area contributed by atoms with Gasteiger partial charge in [0.05, 0.1) is 5.56 Å². The van der Waals surface area contributed by atoms with E-state index in [0.717, 1.165) is 25.7 Å². The van der Waals surface area contributed by atoms with E-state index in [1.54, 1.807) is 6.20 Å². The van der Waals surface area contributed by atoms with Crippen molar-refractivity contribution in [2.24, 2.45) is 5.73 Å². The van der Waals surface area contributed by atoms with Gasteiger partial charge in [0.15, 0.2) is 10.9 Å². The smallest absolute Gasteiger partial charge is 0.404 e. The molecule has 8 heteroatoms.